The molecule has 1 aliphatic rings. The van der Waals surface area contributed by atoms with Gasteiger partial charge in [0.05, 0.1) is 17.6 Å². The van der Waals surface area contributed by atoms with Crippen molar-refractivity contribution in [2.24, 2.45) is 0 Å². The van der Waals surface area contributed by atoms with Crippen molar-refractivity contribution >= 4 is 5.69 Å². The minimum atomic E-state index is -1.70. The molecular formula is C12H14FNO8. The molecule has 1 aromatic rings. The van der Waals surface area contributed by atoms with Gasteiger partial charge in [0.2, 0.25) is 6.29 Å². The molecule has 1 fully saturated rings. The second kappa shape index (κ2) is 6.50. The van der Waals surface area contributed by atoms with Gasteiger partial charge in [-0.25, -0.2) is 4.39 Å². The van der Waals surface area contributed by atoms with Gasteiger partial charge in [-0.15, -0.1) is 0 Å². The zero-order valence-electron chi connectivity index (χ0n) is 11.1. The number of nitrogens with zero attached hydrogens (tertiary/aromatic N) is 1. The molecule has 0 saturated carbocycles. The number of hydrogen-bond donors (Lipinski definition) is 4. The van der Waals surface area contributed by atoms with Crippen LogP contribution in [0.3, 0.4) is 0 Å². The Kier molecular flexibility index (Phi) is 4.88. The second-order valence-electron chi connectivity index (χ2n) is 4.69. The van der Waals surface area contributed by atoms with Gasteiger partial charge < -0.3 is 29.9 Å². The molecule has 10 heteroatoms. The van der Waals surface area contributed by atoms with Crippen molar-refractivity contribution in [2.45, 2.75) is 30.7 Å². The average molecular weight is 319 g/mol. The average Bonchev–Trinajstić information content (AvgIpc) is 2.49. The van der Waals surface area contributed by atoms with Crippen LogP contribution in [0.4, 0.5) is 10.1 Å². The monoisotopic (exact) mass is 319 g/mol. The molecule has 0 amide bonds. The van der Waals surface area contributed by atoms with E-state index >= 15 is 0 Å². The fraction of sp³-hybridized carbons (Fsp3) is 0.500. The van der Waals surface area contributed by atoms with Crippen LogP contribution in [0.2, 0.25) is 0 Å². The third-order valence-corrected chi connectivity index (χ3v) is 3.22. The van der Waals surface area contributed by atoms with E-state index < -0.39 is 59.5 Å². The van der Waals surface area contributed by atoms with Crippen molar-refractivity contribution in [3.8, 4) is 5.75 Å². The van der Waals surface area contributed by atoms with Crippen LogP contribution in [0.15, 0.2) is 18.2 Å². The Hall–Kier alpha value is -1.85. The fourth-order valence-electron chi connectivity index (χ4n) is 1.99. The van der Waals surface area contributed by atoms with Crippen molar-refractivity contribution < 1.29 is 39.2 Å². The molecule has 1 saturated heterocycles. The summed E-state index contributed by atoms with van der Waals surface area (Å²) in [6.45, 7) is -0.659. The highest BCUT2D eigenvalue weighted by Crippen LogP contribution is 2.27. The molecule has 2 rings (SSSR count). The zero-order chi connectivity index (χ0) is 16.4. The number of hydrogen-bond acceptors (Lipinski definition) is 8. The third-order valence-electron chi connectivity index (χ3n) is 3.22. The Morgan fingerprint density at radius 3 is 2.50 bits per heavy atom. The van der Waals surface area contributed by atoms with Gasteiger partial charge in [0.1, 0.15) is 24.4 Å². The molecule has 5 atom stereocenters. The smallest absolute Gasteiger partial charge is 0.272 e. The van der Waals surface area contributed by atoms with Gasteiger partial charge in [-0.2, -0.15) is 0 Å². The van der Waals surface area contributed by atoms with Crippen molar-refractivity contribution in [1.29, 1.82) is 0 Å². The SMILES string of the molecule is O=[N+]([O-])c1ccc(O[C@H]2O[C@H](CO)[C@@H](O)[C@H](O)[C@H]2O)c(F)c1. The summed E-state index contributed by atoms with van der Waals surface area (Å²) in [7, 11) is 0. The maximum atomic E-state index is 13.7. The van der Waals surface area contributed by atoms with Crippen LogP contribution in [-0.2, 0) is 4.74 Å². The zero-order valence-corrected chi connectivity index (χ0v) is 11.1. The molecule has 1 aromatic carbocycles. The van der Waals surface area contributed by atoms with Gasteiger partial charge in [-0.1, -0.05) is 0 Å². The van der Waals surface area contributed by atoms with Gasteiger partial charge in [0, 0.05) is 6.07 Å². The van der Waals surface area contributed by atoms with E-state index in [-0.39, 0.29) is 0 Å². The number of aliphatic hydroxyl groups is 4. The Bertz CT molecular complexity index is 554. The molecule has 0 radical (unpaired) electrons. The minimum Gasteiger partial charge on any atom is -0.459 e. The lowest BCUT2D eigenvalue weighted by atomic mass is 9.99. The summed E-state index contributed by atoms with van der Waals surface area (Å²) in [6.07, 6.45) is -7.71. The van der Waals surface area contributed by atoms with Crippen LogP contribution in [0.5, 0.6) is 5.75 Å². The largest absolute Gasteiger partial charge is 0.459 e. The lowest BCUT2D eigenvalue weighted by Crippen LogP contribution is -2.60. The Morgan fingerprint density at radius 1 is 1.27 bits per heavy atom. The number of nitro benzene ring substituents is 1. The molecule has 0 bridgehead atoms. The number of rotatable bonds is 4. The highest BCUT2D eigenvalue weighted by Gasteiger charge is 2.44. The maximum Gasteiger partial charge on any atom is 0.272 e. The van der Waals surface area contributed by atoms with Crippen LogP contribution in [-0.4, -0.2) is 62.7 Å². The quantitative estimate of drug-likeness (QED) is 0.405. The molecule has 1 heterocycles. The molecule has 1 aliphatic heterocycles. The van der Waals surface area contributed by atoms with E-state index in [0.29, 0.717) is 6.07 Å². The summed E-state index contributed by atoms with van der Waals surface area (Å²) in [5.74, 6) is -1.51. The molecule has 0 spiro atoms. The minimum absolute atomic E-state index is 0.449. The molecular weight excluding hydrogens is 305 g/mol. The van der Waals surface area contributed by atoms with Gasteiger partial charge in [0.25, 0.3) is 5.69 Å². The summed E-state index contributed by atoms with van der Waals surface area (Å²) in [6, 6.07) is 2.58. The van der Waals surface area contributed by atoms with Crippen LogP contribution in [0, 0.1) is 15.9 Å². The number of nitro groups is 1. The van der Waals surface area contributed by atoms with Crippen molar-refractivity contribution in [1.82, 2.24) is 0 Å². The van der Waals surface area contributed by atoms with E-state index in [9.17, 15) is 29.8 Å². The molecule has 0 aromatic heterocycles. The fourth-order valence-corrected chi connectivity index (χ4v) is 1.99. The summed E-state index contributed by atoms with van der Waals surface area (Å²) < 4.78 is 23.8. The normalized spacial score (nSPS) is 31.8. The van der Waals surface area contributed by atoms with Crippen LogP contribution < -0.4 is 4.74 Å². The van der Waals surface area contributed by atoms with Crippen LogP contribution >= 0.6 is 0 Å². The van der Waals surface area contributed by atoms with Crippen molar-refractivity contribution in [2.75, 3.05) is 6.61 Å². The lowest BCUT2D eigenvalue weighted by Gasteiger charge is -2.39. The summed E-state index contributed by atoms with van der Waals surface area (Å²) in [5, 5.41) is 48.4. The van der Waals surface area contributed by atoms with Crippen molar-refractivity contribution in [3.63, 3.8) is 0 Å². The van der Waals surface area contributed by atoms with E-state index in [2.05, 4.69) is 0 Å². The number of aliphatic hydroxyl groups excluding tert-OH is 4. The van der Waals surface area contributed by atoms with Crippen LogP contribution in [0.25, 0.3) is 0 Å². The van der Waals surface area contributed by atoms with Crippen molar-refractivity contribution in [3.05, 3.63) is 34.1 Å². The summed E-state index contributed by atoms with van der Waals surface area (Å²) in [4.78, 5) is 9.72. The summed E-state index contributed by atoms with van der Waals surface area (Å²) in [5.41, 5.74) is -0.487. The van der Waals surface area contributed by atoms with E-state index in [4.69, 9.17) is 14.6 Å². The highest BCUT2D eigenvalue weighted by molar-refractivity contribution is 5.37. The van der Waals surface area contributed by atoms with Gasteiger partial charge in [-0.05, 0) is 6.07 Å². The van der Waals surface area contributed by atoms with Gasteiger partial charge >= 0.3 is 0 Å². The third kappa shape index (κ3) is 3.15. The Balaban J connectivity index is 2.17. The molecule has 22 heavy (non-hydrogen) atoms. The van der Waals surface area contributed by atoms with E-state index in [1.54, 1.807) is 0 Å². The van der Waals surface area contributed by atoms with E-state index in [0.717, 1.165) is 12.1 Å². The first-order valence-electron chi connectivity index (χ1n) is 6.26. The number of benzene rings is 1. The molecule has 122 valence electrons. The van der Waals surface area contributed by atoms with Gasteiger partial charge in [-0.3, -0.25) is 10.1 Å². The molecule has 9 nitrogen and oxygen atoms in total. The summed E-state index contributed by atoms with van der Waals surface area (Å²) >= 11 is 0. The predicted molar refractivity (Wildman–Crippen MR) is 67.4 cm³/mol. The Labute approximate surface area is 123 Å². The number of non-ortho nitro benzene ring substituents is 1. The first-order valence-corrected chi connectivity index (χ1v) is 6.26. The number of ether oxygens (including phenoxy) is 2. The van der Waals surface area contributed by atoms with Gasteiger partial charge in [0.15, 0.2) is 11.6 Å². The highest BCUT2D eigenvalue weighted by atomic mass is 19.1. The van der Waals surface area contributed by atoms with E-state index in [1.807, 2.05) is 0 Å². The first kappa shape index (κ1) is 16.5. The Morgan fingerprint density at radius 2 is 1.95 bits per heavy atom. The molecule has 4 N–H and O–H groups in total. The second-order valence-corrected chi connectivity index (χ2v) is 4.69. The molecule has 0 aliphatic carbocycles. The first-order chi connectivity index (χ1) is 10.3. The van der Waals surface area contributed by atoms with Crippen LogP contribution in [0.1, 0.15) is 0 Å². The number of halogens is 1. The molecule has 0 unspecified atom stereocenters. The standard InChI is InChI=1S/C12H14FNO8/c13-6-3-5(14(19)20)1-2-7(6)21-12-11(18)10(17)9(16)8(4-15)22-12/h1-3,8-12,15-18H,4H2/t8-,9-,10+,11-,12+/m1/s1. The maximum absolute atomic E-state index is 13.7. The van der Waals surface area contributed by atoms with E-state index in [1.165, 1.54) is 0 Å². The predicted octanol–water partition coefficient (Wildman–Crippen LogP) is -1.09. The topological polar surface area (TPSA) is 143 Å². The lowest BCUT2D eigenvalue weighted by molar-refractivity contribution is -0.385.